The van der Waals surface area contributed by atoms with Crippen molar-refractivity contribution in [1.29, 1.82) is 0 Å². The van der Waals surface area contributed by atoms with Gasteiger partial charge in [-0.3, -0.25) is 0 Å². The van der Waals surface area contributed by atoms with Gasteiger partial charge in [-0.2, -0.15) is 0 Å². The normalized spacial score (nSPS) is 30.2. The number of rotatable bonds is 7. The molecule has 0 bridgehead atoms. The molecule has 0 aromatic rings. The molecule has 0 aromatic carbocycles. The number of allylic oxidation sites excluding steroid dienone is 1. The van der Waals surface area contributed by atoms with E-state index in [4.69, 9.17) is 4.74 Å². The summed E-state index contributed by atoms with van der Waals surface area (Å²) in [6.45, 7) is 8.23. The SMILES string of the molecule is C=CC[C@@H](CC=O)CC1=CC2(CCCC(C)(C)C2C=O)COC1=O. The third-order valence-electron chi connectivity index (χ3n) is 5.69. The Morgan fingerprint density at radius 2 is 2.08 bits per heavy atom. The van der Waals surface area contributed by atoms with Crippen LogP contribution in [-0.2, 0) is 19.1 Å². The zero-order chi connectivity index (χ0) is 17.8. The predicted molar refractivity (Wildman–Crippen MR) is 92.3 cm³/mol. The Labute approximate surface area is 144 Å². The molecule has 1 aliphatic carbocycles. The highest BCUT2D eigenvalue weighted by molar-refractivity contribution is 5.89. The van der Waals surface area contributed by atoms with Gasteiger partial charge in [0.25, 0.3) is 0 Å². The summed E-state index contributed by atoms with van der Waals surface area (Å²) in [6.07, 6.45) is 10.1. The zero-order valence-electron chi connectivity index (χ0n) is 14.8. The van der Waals surface area contributed by atoms with Gasteiger partial charge < -0.3 is 14.3 Å². The fraction of sp³-hybridized carbons (Fsp3) is 0.650. The molecule has 1 spiro atoms. The first-order chi connectivity index (χ1) is 11.4. The first kappa shape index (κ1) is 18.6. The number of hydrogen-bond donors (Lipinski definition) is 0. The average Bonchev–Trinajstić information content (AvgIpc) is 2.51. The van der Waals surface area contributed by atoms with Crippen LogP contribution in [0.2, 0.25) is 0 Å². The lowest BCUT2D eigenvalue weighted by Crippen LogP contribution is -2.48. The van der Waals surface area contributed by atoms with Crippen LogP contribution < -0.4 is 0 Å². The molecule has 0 N–H and O–H groups in total. The fourth-order valence-corrected chi connectivity index (χ4v) is 4.43. The van der Waals surface area contributed by atoms with E-state index in [0.29, 0.717) is 24.8 Å². The quantitative estimate of drug-likeness (QED) is 0.405. The van der Waals surface area contributed by atoms with Gasteiger partial charge in [-0.05, 0) is 37.0 Å². The molecule has 0 radical (unpaired) electrons. The molecule has 0 amide bonds. The summed E-state index contributed by atoms with van der Waals surface area (Å²) in [5.41, 5.74) is 0.112. The smallest absolute Gasteiger partial charge is 0.333 e. The monoisotopic (exact) mass is 332 g/mol. The molecule has 1 heterocycles. The maximum atomic E-state index is 12.2. The van der Waals surface area contributed by atoms with Crippen LogP contribution in [0.25, 0.3) is 0 Å². The van der Waals surface area contributed by atoms with Crippen molar-refractivity contribution in [1.82, 2.24) is 0 Å². The van der Waals surface area contributed by atoms with Crippen molar-refractivity contribution in [2.24, 2.45) is 22.7 Å². The van der Waals surface area contributed by atoms with Crippen LogP contribution in [0.4, 0.5) is 0 Å². The summed E-state index contributed by atoms with van der Waals surface area (Å²) in [5.74, 6) is -0.417. The molecule has 0 aromatic heterocycles. The van der Waals surface area contributed by atoms with Gasteiger partial charge in [-0.1, -0.05) is 32.4 Å². The Hall–Kier alpha value is -1.71. The molecular formula is C20H28O4. The maximum absolute atomic E-state index is 12.2. The van der Waals surface area contributed by atoms with Gasteiger partial charge in [0.05, 0.1) is 0 Å². The zero-order valence-corrected chi connectivity index (χ0v) is 14.8. The van der Waals surface area contributed by atoms with Gasteiger partial charge in [-0.15, -0.1) is 6.58 Å². The van der Waals surface area contributed by atoms with E-state index < -0.39 is 5.41 Å². The molecule has 3 atom stereocenters. The molecule has 1 fully saturated rings. The molecular weight excluding hydrogens is 304 g/mol. The van der Waals surface area contributed by atoms with Crippen molar-refractivity contribution in [3.05, 3.63) is 24.3 Å². The number of cyclic esters (lactones) is 1. The molecule has 4 nitrogen and oxygen atoms in total. The van der Waals surface area contributed by atoms with Crippen LogP contribution in [0.1, 0.15) is 52.4 Å². The van der Waals surface area contributed by atoms with Crippen molar-refractivity contribution in [2.45, 2.75) is 52.4 Å². The second kappa shape index (κ2) is 7.45. The van der Waals surface area contributed by atoms with Crippen LogP contribution >= 0.6 is 0 Å². The van der Waals surface area contributed by atoms with Crippen LogP contribution in [0.15, 0.2) is 24.3 Å². The van der Waals surface area contributed by atoms with E-state index in [0.717, 1.165) is 31.8 Å². The Bertz CT molecular complexity index is 536. The van der Waals surface area contributed by atoms with Crippen LogP contribution in [0.3, 0.4) is 0 Å². The summed E-state index contributed by atoms with van der Waals surface area (Å²) in [7, 11) is 0. The topological polar surface area (TPSA) is 60.4 Å². The second-order valence-corrected chi connectivity index (χ2v) is 7.93. The van der Waals surface area contributed by atoms with E-state index in [2.05, 4.69) is 20.4 Å². The number of esters is 1. The standard InChI is InChI=1S/C20H28O4/c1-4-6-15(7-10-21)11-16-12-20(14-24-18(16)23)9-5-8-19(2,3)17(20)13-22/h4,10,12-13,15,17H,1,5-9,11,14H2,2-3H3/t15-,17?,20?/m0/s1. The third-order valence-corrected chi connectivity index (χ3v) is 5.69. The summed E-state index contributed by atoms with van der Waals surface area (Å²) >= 11 is 0. The minimum atomic E-state index is -0.396. The maximum Gasteiger partial charge on any atom is 0.333 e. The van der Waals surface area contributed by atoms with Gasteiger partial charge in [0.2, 0.25) is 0 Å². The van der Waals surface area contributed by atoms with E-state index in [1.807, 2.05) is 6.08 Å². The molecule has 2 rings (SSSR count). The minimum Gasteiger partial charge on any atom is -0.461 e. The van der Waals surface area contributed by atoms with Crippen LogP contribution in [0.5, 0.6) is 0 Å². The third kappa shape index (κ3) is 3.68. The molecule has 1 saturated carbocycles. The first-order valence-electron chi connectivity index (χ1n) is 8.77. The van der Waals surface area contributed by atoms with Gasteiger partial charge >= 0.3 is 5.97 Å². The first-order valence-corrected chi connectivity index (χ1v) is 8.77. The lowest BCUT2D eigenvalue weighted by atomic mass is 9.55. The minimum absolute atomic E-state index is 0.0558. The van der Waals surface area contributed by atoms with Crippen molar-refractivity contribution in [2.75, 3.05) is 6.61 Å². The molecule has 24 heavy (non-hydrogen) atoms. The fourth-order valence-electron chi connectivity index (χ4n) is 4.43. The van der Waals surface area contributed by atoms with Gasteiger partial charge in [0, 0.05) is 23.3 Å². The van der Waals surface area contributed by atoms with Crippen molar-refractivity contribution in [3.63, 3.8) is 0 Å². The number of ether oxygens (including phenoxy) is 1. The number of carbonyl (C=O) groups is 3. The molecule has 132 valence electrons. The van der Waals surface area contributed by atoms with Gasteiger partial charge in [0.1, 0.15) is 19.2 Å². The second-order valence-electron chi connectivity index (χ2n) is 7.93. The molecule has 4 heteroatoms. The molecule has 1 aliphatic heterocycles. The number of aldehydes is 2. The van der Waals surface area contributed by atoms with E-state index in [-0.39, 0.29) is 29.8 Å². The highest BCUT2D eigenvalue weighted by atomic mass is 16.5. The number of carbonyl (C=O) groups excluding carboxylic acids is 3. The average molecular weight is 332 g/mol. The van der Waals surface area contributed by atoms with E-state index in [9.17, 15) is 14.4 Å². The van der Waals surface area contributed by atoms with Crippen molar-refractivity contribution >= 4 is 18.5 Å². The Balaban J connectivity index is 2.33. The lowest BCUT2D eigenvalue weighted by molar-refractivity contribution is -0.151. The summed E-state index contributed by atoms with van der Waals surface area (Å²) in [5, 5.41) is 0. The van der Waals surface area contributed by atoms with E-state index >= 15 is 0 Å². The summed E-state index contributed by atoms with van der Waals surface area (Å²) in [4.78, 5) is 34.9. The molecule has 0 saturated heterocycles. The Morgan fingerprint density at radius 1 is 1.33 bits per heavy atom. The summed E-state index contributed by atoms with van der Waals surface area (Å²) in [6, 6.07) is 0. The van der Waals surface area contributed by atoms with Crippen molar-refractivity contribution in [3.8, 4) is 0 Å². The number of hydrogen-bond acceptors (Lipinski definition) is 4. The molecule has 2 aliphatic rings. The van der Waals surface area contributed by atoms with E-state index in [1.54, 1.807) is 6.08 Å². The van der Waals surface area contributed by atoms with Gasteiger partial charge in [-0.25, -0.2) is 4.79 Å². The highest BCUT2D eigenvalue weighted by Crippen LogP contribution is 2.53. The largest absolute Gasteiger partial charge is 0.461 e. The Kier molecular flexibility index (Phi) is 5.79. The lowest BCUT2D eigenvalue weighted by Gasteiger charge is -2.49. The molecule has 2 unspecified atom stereocenters. The van der Waals surface area contributed by atoms with Crippen LogP contribution in [0, 0.1) is 22.7 Å². The predicted octanol–water partition coefficient (Wildman–Crippen LogP) is 3.65. The van der Waals surface area contributed by atoms with Crippen LogP contribution in [-0.4, -0.2) is 25.1 Å². The highest BCUT2D eigenvalue weighted by Gasteiger charge is 2.51. The van der Waals surface area contributed by atoms with E-state index in [1.165, 1.54) is 0 Å². The van der Waals surface area contributed by atoms with Crippen molar-refractivity contribution < 1.29 is 19.1 Å². The summed E-state index contributed by atoms with van der Waals surface area (Å²) < 4.78 is 5.49. The van der Waals surface area contributed by atoms with Gasteiger partial charge in [0.15, 0.2) is 0 Å². The Morgan fingerprint density at radius 3 is 2.71 bits per heavy atom.